The van der Waals surface area contributed by atoms with E-state index in [0.29, 0.717) is 11.8 Å². The Kier molecular flexibility index (Phi) is 3.78. The molecule has 3 saturated heterocycles. The van der Waals surface area contributed by atoms with E-state index < -0.39 is 11.6 Å². The number of urea groups is 1. The molecule has 3 aliphatic heterocycles. The van der Waals surface area contributed by atoms with Crippen molar-refractivity contribution in [2.24, 2.45) is 17.8 Å². The summed E-state index contributed by atoms with van der Waals surface area (Å²) in [6.07, 6.45) is 3.94. The Labute approximate surface area is 142 Å². The summed E-state index contributed by atoms with van der Waals surface area (Å²) < 4.78 is 0. The van der Waals surface area contributed by atoms with Gasteiger partial charge in [0.25, 0.3) is 5.91 Å². The van der Waals surface area contributed by atoms with Crippen molar-refractivity contribution in [2.45, 2.75) is 38.1 Å². The average molecular weight is 334 g/mol. The van der Waals surface area contributed by atoms with Crippen molar-refractivity contribution in [2.75, 3.05) is 32.7 Å². The quantitative estimate of drug-likeness (QED) is 0.721. The van der Waals surface area contributed by atoms with Gasteiger partial charge in [0.15, 0.2) is 0 Å². The van der Waals surface area contributed by atoms with E-state index in [1.165, 1.54) is 0 Å². The van der Waals surface area contributed by atoms with Crippen molar-refractivity contribution in [3.8, 4) is 0 Å². The first-order valence-corrected chi connectivity index (χ1v) is 9.11. The van der Waals surface area contributed by atoms with Gasteiger partial charge in [0.2, 0.25) is 5.91 Å². The van der Waals surface area contributed by atoms with Crippen LogP contribution in [0.3, 0.4) is 0 Å². The number of carbonyl (C=O) groups is 3. The average Bonchev–Trinajstić information content (AvgIpc) is 3.32. The van der Waals surface area contributed by atoms with E-state index in [4.69, 9.17) is 0 Å². The summed E-state index contributed by atoms with van der Waals surface area (Å²) in [5, 5.41) is 6.23. The Morgan fingerprint density at radius 1 is 1.12 bits per heavy atom. The van der Waals surface area contributed by atoms with Crippen LogP contribution in [0.4, 0.5) is 4.79 Å². The maximum Gasteiger partial charge on any atom is 0.325 e. The Bertz CT molecular complexity index is 562. The molecule has 24 heavy (non-hydrogen) atoms. The standard InChI is InChI=1S/C17H26N4O3/c1-17(13-2-3-13)15(23)21(16(24)19-17)10-14(22)20-6-4-11-8-18-9-12(11)5-7-20/h11-13,18H,2-10H2,1H3,(H,19,24)/t11-,12+,17?. The number of carbonyl (C=O) groups excluding carboxylic acids is 3. The van der Waals surface area contributed by atoms with E-state index in [1.54, 1.807) is 6.92 Å². The largest absolute Gasteiger partial charge is 0.341 e. The molecule has 0 spiro atoms. The fourth-order valence-corrected chi connectivity index (χ4v) is 4.50. The molecule has 3 heterocycles. The molecule has 3 atom stereocenters. The lowest BCUT2D eigenvalue weighted by Crippen LogP contribution is -2.47. The summed E-state index contributed by atoms with van der Waals surface area (Å²) in [7, 11) is 0. The minimum Gasteiger partial charge on any atom is -0.341 e. The lowest BCUT2D eigenvalue weighted by Gasteiger charge is -2.24. The molecule has 2 N–H and O–H groups in total. The number of imide groups is 1. The van der Waals surface area contributed by atoms with E-state index >= 15 is 0 Å². The highest BCUT2D eigenvalue weighted by Gasteiger charge is 2.56. The minimum atomic E-state index is -0.807. The highest BCUT2D eigenvalue weighted by molar-refractivity contribution is 6.09. The van der Waals surface area contributed by atoms with Gasteiger partial charge in [-0.3, -0.25) is 14.5 Å². The van der Waals surface area contributed by atoms with Gasteiger partial charge in [-0.05, 0) is 63.5 Å². The minimum absolute atomic E-state index is 0.105. The number of likely N-dealkylation sites (tertiary alicyclic amines) is 1. The molecule has 7 heteroatoms. The molecule has 1 unspecified atom stereocenters. The number of hydrogen-bond donors (Lipinski definition) is 2. The van der Waals surface area contributed by atoms with Gasteiger partial charge >= 0.3 is 6.03 Å². The molecule has 4 amide bonds. The Hall–Kier alpha value is -1.63. The lowest BCUT2D eigenvalue weighted by atomic mass is 9.92. The molecular formula is C17H26N4O3. The van der Waals surface area contributed by atoms with Gasteiger partial charge < -0.3 is 15.5 Å². The van der Waals surface area contributed by atoms with E-state index in [1.807, 2.05) is 4.90 Å². The number of nitrogens with one attached hydrogen (secondary N) is 2. The zero-order valence-corrected chi connectivity index (χ0v) is 14.2. The van der Waals surface area contributed by atoms with Crippen LogP contribution in [0.5, 0.6) is 0 Å². The van der Waals surface area contributed by atoms with Gasteiger partial charge in [0.05, 0.1) is 0 Å². The second-order valence-electron chi connectivity index (χ2n) is 7.93. The van der Waals surface area contributed by atoms with Crippen molar-refractivity contribution in [3.63, 3.8) is 0 Å². The van der Waals surface area contributed by atoms with Gasteiger partial charge in [-0.15, -0.1) is 0 Å². The second-order valence-corrected chi connectivity index (χ2v) is 7.93. The van der Waals surface area contributed by atoms with Crippen LogP contribution in [0.15, 0.2) is 0 Å². The number of amides is 4. The predicted octanol–water partition coefficient (Wildman–Crippen LogP) is 0.165. The highest BCUT2D eigenvalue weighted by atomic mass is 16.2. The summed E-state index contributed by atoms with van der Waals surface area (Å²) in [5.41, 5.74) is -0.807. The molecular weight excluding hydrogens is 308 g/mol. The summed E-state index contributed by atoms with van der Waals surface area (Å²) in [5.74, 6) is 1.18. The maximum absolute atomic E-state index is 12.7. The van der Waals surface area contributed by atoms with E-state index in [-0.39, 0.29) is 24.3 Å². The Morgan fingerprint density at radius 2 is 1.75 bits per heavy atom. The third-order valence-electron chi connectivity index (χ3n) is 6.36. The molecule has 7 nitrogen and oxygen atoms in total. The van der Waals surface area contributed by atoms with Crippen LogP contribution in [0.25, 0.3) is 0 Å². The van der Waals surface area contributed by atoms with E-state index in [2.05, 4.69) is 10.6 Å². The Morgan fingerprint density at radius 3 is 2.33 bits per heavy atom. The van der Waals surface area contributed by atoms with Gasteiger partial charge in [0, 0.05) is 13.1 Å². The maximum atomic E-state index is 12.7. The molecule has 0 aromatic rings. The molecule has 132 valence electrons. The fraction of sp³-hybridized carbons (Fsp3) is 0.824. The van der Waals surface area contributed by atoms with Crippen LogP contribution >= 0.6 is 0 Å². The van der Waals surface area contributed by atoms with Crippen molar-refractivity contribution in [1.29, 1.82) is 0 Å². The smallest absolute Gasteiger partial charge is 0.325 e. The Balaban J connectivity index is 1.39. The molecule has 1 saturated carbocycles. The van der Waals surface area contributed by atoms with Crippen LogP contribution in [0.2, 0.25) is 0 Å². The molecule has 4 fully saturated rings. The van der Waals surface area contributed by atoms with Crippen molar-refractivity contribution >= 4 is 17.8 Å². The van der Waals surface area contributed by atoms with E-state index in [9.17, 15) is 14.4 Å². The monoisotopic (exact) mass is 334 g/mol. The van der Waals surface area contributed by atoms with Crippen LogP contribution in [0.1, 0.15) is 32.6 Å². The summed E-state index contributed by atoms with van der Waals surface area (Å²) in [6, 6.07) is -0.418. The summed E-state index contributed by atoms with van der Waals surface area (Å²) in [4.78, 5) is 40.4. The lowest BCUT2D eigenvalue weighted by molar-refractivity contribution is -0.139. The van der Waals surface area contributed by atoms with Crippen molar-refractivity contribution in [3.05, 3.63) is 0 Å². The molecule has 0 aromatic carbocycles. The van der Waals surface area contributed by atoms with Crippen LogP contribution in [-0.2, 0) is 9.59 Å². The third kappa shape index (κ3) is 2.59. The predicted molar refractivity (Wildman–Crippen MR) is 87.0 cm³/mol. The first-order chi connectivity index (χ1) is 11.5. The van der Waals surface area contributed by atoms with Crippen molar-refractivity contribution < 1.29 is 14.4 Å². The number of fused-ring (bicyclic) bond motifs is 1. The van der Waals surface area contributed by atoms with Crippen LogP contribution < -0.4 is 10.6 Å². The van der Waals surface area contributed by atoms with E-state index in [0.717, 1.165) is 56.8 Å². The molecule has 4 aliphatic rings. The van der Waals surface area contributed by atoms with Gasteiger partial charge in [-0.25, -0.2) is 4.79 Å². The van der Waals surface area contributed by atoms with Gasteiger partial charge in [-0.1, -0.05) is 0 Å². The normalized spacial score (nSPS) is 36.5. The zero-order chi connectivity index (χ0) is 16.9. The third-order valence-corrected chi connectivity index (χ3v) is 6.36. The van der Waals surface area contributed by atoms with Crippen molar-refractivity contribution in [1.82, 2.24) is 20.4 Å². The van der Waals surface area contributed by atoms with Crippen LogP contribution in [0, 0.1) is 17.8 Å². The zero-order valence-electron chi connectivity index (χ0n) is 14.2. The topological polar surface area (TPSA) is 81.8 Å². The first kappa shape index (κ1) is 15.9. The number of nitrogens with zero attached hydrogens (tertiary/aromatic N) is 2. The highest BCUT2D eigenvalue weighted by Crippen LogP contribution is 2.42. The molecule has 4 rings (SSSR count). The van der Waals surface area contributed by atoms with Crippen LogP contribution in [-0.4, -0.2) is 65.9 Å². The molecule has 0 aromatic heterocycles. The number of hydrogen-bond acceptors (Lipinski definition) is 4. The first-order valence-electron chi connectivity index (χ1n) is 9.11. The second kappa shape index (κ2) is 5.72. The summed E-state index contributed by atoms with van der Waals surface area (Å²) in [6.45, 7) is 5.20. The molecule has 0 bridgehead atoms. The summed E-state index contributed by atoms with van der Waals surface area (Å²) >= 11 is 0. The SMILES string of the molecule is CC1(C2CC2)NC(=O)N(CC(=O)N2CC[C@@H]3CNC[C@@H]3CC2)C1=O. The molecule has 1 aliphatic carbocycles. The van der Waals surface area contributed by atoms with Gasteiger partial charge in [0.1, 0.15) is 12.1 Å². The number of rotatable bonds is 3. The molecule has 0 radical (unpaired) electrons. The fourth-order valence-electron chi connectivity index (χ4n) is 4.50. The van der Waals surface area contributed by atoms with Gasteiger partial charge in [-0.2, -0.15) is 0 Å².